The Morgan fingerprint density at radius 3 is 2.62 bits per heavy atom. The fraction of sp³-hybridized carbons (Fsp3) is 0.190. The Hall–Kier alpha value is -3.21. The van der Waals surface area contributed by atoms with Gasteiger partial charge in [-0.15, -0.1) is 0 Å². The van der Waals surface area contributed by atoms with Gasteiger partial charge in [0.1, 0.15) is 17.5 Å². The second-order valence-electron chi connectivity index (χ2n) is 6.25. The summed E-state index contributed by atoms with van der Waals surface area (Å²) in [4.78, 5) is 16.9. The highest BCUT2D eigenvalue weighted by molar-refractivity contribution is 5.74. The fourth-order valence-electron chi connectivity index (χ4n) is 2.96. The predicted octanol–water partition coefficient (Wildman–Crippen LogP) is 3.99. The van der Waals surface area contributed by atoms with Gasteiger partial charge < -0.3 is 10.3 Å². The summed E-state index contributed by atoms with van der Waals surface area (Å²) in [6.45, 7) is 0.846. The van der Waals surface area contributed by atoms with Gasteiger partial charge in [-0.25, -0.2) is 15.0 Å². The van der Waals surface area contributed by atoms with E-state index in [2.05, 4.69) is 43.5 Å². The molecule has 0 spiro atoms. The highest BCUT2D eigenvalue weighted by atomic mass is 15.0. The largest absolute Gasteiger partial charge is 0.370 e. The number of nitrogens with zero attached hydrogens (tertiary/aromatic N) is 3. The predicted molar refractivity (Wildman–Crippen MR) is 104 cm³/mol. The van der Waals surface area contributed by atoms with Crippen LogP contribution in [0.2, 0.25) is 0 Å². The zero-order valence-electron chi connectivity index (χ0n) is 14.5. The molecule has 0 aliphatic carbocycles. The first-order chi connectivity index (χ1) is 12.9. The van der Waals surface area contributed by atoms with Crippen molar-refractivity contribution in [2.75, 3.05) is 11.9 Å². The second kappa shape index (κ2) is 7.78. The number of aromatic amines is 1. The number of hydrogen-bond donors (Lipinski definition) is 2. The van der Waals surface area contributed by atoms with Gasteiger partial charge in [0.25, 0.3) is 0 Å². The lowest BCUT2D eigenvalue weighted by molar-refractivity contribution is 0.814. The molecule has 0 saturated carbocycles. The lowest BCUT2D eigenvalue weighted by Crippen LogP contribution is -2.07. The molecule has 5 heteroatoms. The summed E-state index contributed by atoms with van der Waals surface area (Å²) in [5.41, 5.74) is 3.34. The smallest absolute Gasteiger partial charge is 0.135 e. The van der Waals surface area contributed by atoms with Crippen LogP contribution in [-0.4, -0.2) is 26.5 Å². The van der Waals surface area contributed by atoms with E-state index < -0.39 is 0 Å². The van der Waals surface area contributed by atoms with Crippen molar-refractivity contribution in [2.45, 2.75) is 19.3 Å². The van der Waals surface area contributed by atoms with E-state index in [9.17, 15) is 0 Å². The summed E-state index contributed by atoms with van der Waals surface area (Å²) in [6.07, 6.45) is 4.45. The van der Waals surface area contributed by atoms with Gasteiger partial charge in [0.15, 0.2) is 0 Å². The minimum absolute atomic E-state index is 0.745. The zero-order chi connectivity index (χ0) is 17.6. The van der Waals surface area contributed by atoms with E-state index in [0.717, 1.165) is 54.3 Å². The molecule has 0 saturated heterocycles. The maximum Gasteiger partial charge on any atom is 0.135 e. The molecule has 26 heavy (non-hydrogen) atoms. The Kier molecular flexibility index (Phi) is 4.87. The molecule has 0 radical (unpaired) electrons. The van der Waals surface area contributed by atoms with Crippen LogP contribution in [0.3, 0.4) is 0 Å². The zero-order valence-corrected chi connectivity index (χ0v) is 14.5. The molecule has 4 aromatic rings. The van der Waals surface area contributed by atoms with E-state index in [0.29, 0.717) is 0 Å². The van der Waals surface area contributed by atoms with E-state index in [4.69, 9.17) is 0 Å². The van der Waals surface area contributed by atoms with Crippen molar-refractivity contribution >= 4 is 16.9 Å². The molecule has 2 aromatic carbocycles. The van der Waals surface area contributed by atoms with Crippen LogP contribution < -0.4 is 5.32 Å². The van der Waals surface area contributed by atoms with Gasteiger partial charge in [-0.3, -0.25) is 0 Å². The highest BCUT2D eigenvalue weighted by Gasteiger charge is 2.03. The molecule has 0 aliphatic heterocycles. The van der Waals surface area contributed by atoms with E-state index in [-0.39, 0.29) is 0 Å². The Labute approximate surface area is 152 Å². The van der Waals surface area contributed by atoms with Crippen LogP contribution in [0.1, 0.15) is 23.6 Å². The van der Waals surface area contributed by atoms with Crippen LogP contribution in [0.5, 0.6) is 0 Å². The highest BCUT2D eigenvalue weighted by Crippen LogP contribution is 2.12. The van der Waals surface area contributed by atoms with Crippen molar-refractivity contribution in [3.05, 3.63) is 84.1 Å². The molecule has 0 atom stereocenters. The number of imidazole rings is 1. The summed E-state index contributed by atoms with van der Waals surface area (Å²) in [5, 5.41) is 3.38. The normalized spacial score (nSPS) is 10.9. The second-order valence-corrected chi connectivity index (χ2v) is 6.25. The molecule has 0 bridgehead atoms. The molecular weight excluding hydrogens is 322 g/mol. The van der Waals surface area contributed by atoms with Crippen molar-refractivity contribution in [2.24, 2.45) is 0 Å². The van der Waals surface area contributed by atoms with Crippen LogP contribution in [0.15, 0.2) is 66.9 Å². The first-order valence-corrected chi connectivity index (χ1v) is 8.90. The van der Waals surface area contributed by atoms with Crippen LogP contribution in [-0.2, 0) is 12.8 Å². The Morgan fingerprint density at radius 2 is 1.73 bits per heavy atom. The Morgan fingerprint density at radius 1 is 0.885 bits per heavy atom. The Balaban J connectivity index is 1.30. The average Bonchev–Trinajstić information content (AvgIpc) is 3.09. The van der Waals surface area contributed by atoms with E-state index in [1.807, 2.05) is 48.7 Å². The molecule has 2 aromatic heterocycles. The first kappa shape index (κ1) is 16.3. The monoisotopic (exact) mass is 343 g/mol. The van der Waals surface area contributed by atoms with Gasteiger partial charge in [0.2, 0.25) is 0 Å². The summed E-state index contributed by atoms with van der Waals surface area (Å²) < 4.78 is 0. The molecule has 0 aliphatic rings. The summed E-state index contributed by atoms with van der Waals surface area (Å²) in [7, 11) is 0. The van der Waals surface area contributed by atoms with Crippen molar-refractivity contribution < 1.29 is 0 Å². The minimum Gasteiger partial charge on any atom is -0.370 e. The number of para-hydroxylation sites is 2. The lowest BCUT2D eigenvalue weighted by atomic mass is 10.1. The van der Waals surface area contributed by atoms with Gasteiger partial charge in [0.05, 0.1) is 11.0 Å². The van der Waals surface area contributed by atoms with E-state index in [1.54, 1.807) is 0 Å². The number of H-pyrrole nitrogens is 1. The molecule has 5 nitrogen and oxygen atoms in total. The molecule has 2 heterocycles. The molecule has 4 rings (SSSR count). The number of aryl methyl sites for hydroxylation is 1. The van der Waals surface area contributed by atoms with Crippen LogP contribution in [0.25, 0.3) is 11.0 Å². The van der Waals surface area contributed by atoms with Crippen molar-refractivity contribution in [1.82, 2.24) is 19.9 Å². The number of benzene rings is 2. The van der Waals surface area contributed by atoms with Crippen molar-refractivity contribution in [3.63, 3.8) is 0 Å². The number of nitrogens with one attached hydrogen (secondary N) is 2. The number of fused-ring (bicyclic) bond motifs is 1. The van der Waals surface area contributed by atoms with Crippen molar-refractivity contribution in [3.8, 4) is 0 Å². The quantitative estimate of drug-likeness (QED) is 0.498. The number of anilines is 1. The SMILES string of the molecule is c1ccc(Cc2nccc(NCCCc3nc4ccccc4[nH]3)n2)cc1. The van der Waals surface area contributed by atoms with E-state index >= 15 is 0 Å². The summed E-state index contributed by atoms with van der Waals surface area (Å²) >= 11 is 0. The maximum absolute atomic E-state index is 4.61. The lowest BCUT2D eigenvalue weighted by Gasteiger charge is -2.06. The van der Waals surface area contributed by atoms with Crippen LogP contribution >= 0.6 is 0 Å². The van der Waals surface area contributed by atoms with Gasteiger partial charge in [-0.05, 0) is 30.2 Å². The van der Waals surface area contributed by atoms with Gasteiger partial charge in [0, 0.05) is 25.6 Å². The van der Waals surface area contributed by atoms with Gasteiger partial charge in [-0.1, -0.05) is 42.5 Å². The first-order valence-electron chi connectivity index (χ1n) is 8.90. The third kappa shape index (κ3) is 4.06. The molecule has 2 N–H and O–H groups in total. The molecule has 0 amide bonds. The van der Waals surface area contributed by atoms with Crippen LogP contribution in [0, 0.1) is 0 Å². The number of hydrogen-bond acceptors (Lipinski definition) is 4. The average molecular weight is 343 g/mol. The molecular formula is C21H21N5. The maximum atomic E-state index is 4.61. The molecule has 0 fully saturated rings. The van der Waals surface area contributed by atoms with Gasteiger partial charge in [-0.2, -0.15) is 0 Å². The summed E-state index contributed by atoms with van der Waals surface area (Å²) in [6, 6.07) is 20.3. The standard InChI is InChI=1S/C21H21N5/c1-2-7-16(8-3-1)15-21-23-14-12-19(26-21)22-13-6-11-20-24-17-9-4-5-10-18(17)25-20/h1-5,7-10,12,14H,6,11,13,15H2,(H,24,25)(H,22,23,26). The van der Waals surface area contributed by atoms with Crippen LogP contribution in [0.4, 0.5) is 5.82 Å². The minimum atomic E-state index is 0.745. The third-order valence-corrected chi connectivity index (χ3v) is 4.25. The third-order valence-electron chi connectivity index (χ3n) is 4.25. The van der Waals surface area contributed by atoms with E-state index in [1.165, 1.54) is 5.56 Å². The topological polar surface area (TPSA) is 66.5 Å². The summed E-state index contributed by atoms with van der Waals surface area (Å²) in [5.74, 6) is 2.73. The number of rotatable bonds is 7. The Bertz CT molecular complexity index is 945. The van der Waals surface area contributed by atoms with Gasteiger partial charge >= 0.3 is 0 Å². The molecule has 130 valence electrons. The molecule has 0 unspecified atom stereocenters. The van der Waals surface area contributed by atoms with Crippen molar-refractivity contribution in [1.29, 1.82) is 0 Å². The number of aromatic nitrogens is 4. The fourth-order valence-corrected chi connectivity index (χ4v) is 2.96.